The van der Waals surface area contributed by atoms with Crippen molar-refractivity contribution in [3.8, 4) is 0 Å². The molecule has 114 valence electrons. The number of hydrogen-bond acceptors (Lipinski definition) is 3. The highest BCUT2D eigenvalue weighted by Crippen LogP contribution is 2.14. The summed E-state index contributed by atoms with van der Waals surface area (Å²) in [6, 6.07) is 0.669. The van der Waals surface area contributed by atoms with Crippen molar-refractivity contribution in [3.05, 3.63) is 0 Å². The van der Waals surface area contributed by atoms with Crippen LogP contribution in [0.3, 0.4) is 0 Å². The fraction of sp³-hybridized carbons (Fsp3) is 1.00. The minimum atomic E-state index is 0.219. The molecule has 1 heterocycles. The fourth-order valence-electron chi connectivity index (χ4n) is 2.83. The highest BCUT2D eigenvalue weighted by Gasteiger charge is 2.26. The van der Waals surface area contributed by atoms with Crippen LogP contribution in [-0.4, -0.2) is 60.6 Å². The van der Waals surface area contributed by atoms with Crippen molar-refractivity contribution in [3.63, 3.8) is 0 Å². The number of nitrogens with zero attached hydrogens (tertiary/aromatic N) is 2. The Labute approximate surface area is 120 Å². The first kappa shape index (κ1) is 16.9. The van der Waals surface area contributed by atoms with Crippen LogP contribution in [0.1, 0.15) is 48.0 Å². The second-order valence-corrected chi connectivity index (χ2v) is 7.32. The van der Waals surface area contributed by atoms with E-state index in [-0.39, 0.29) is 5.54 Å². The smallest absolute Gasteiger partial charge is 0.0244 e. The summed E-state index contributed by atoms with van der Waals surface area (Å²) in [5.41, 5.74) is 0.219. The molecule has 0 spiro atoms. The summed E-state index contributed by atoms with van der Waals surface area (Å²) < 4.78 is 0. The Morgan fingerprint density at radius 2 is 1.63 bits per heavy atom. The van der Waals surface area contributed by atoms with Gasteiger partial charge in [-0.1, -0.05) is 20.8 Å². The van der Waals surface area contributed by atoms with E-state index in [2.05, 4.69) is 56.7 Å². The van der Waals surface area contributed by atoms with Crippen LogP contribution in [-0.2, 0) is 0 Å². The molecule has 1 saturated heterocycles. The van der Waals surface area contributed by atoms with Crippen LogP contribution >= 0.6 is 0 Å². The summed E-state index contributed by atoms with van der Waals surface area (Å²) >= 11 is 0. The molecule has 19 heavy (non-hydrogen) atoms. The first-order valence-electron chi connectivity index (χ1n) is 8.05. The van der Waals surface area contributed by atoms with E-state index in [0.29, 0.717) is 12.0 Å². The van der Waals surface area contributed by atoms with Gasteiger partial charge in [-0.05, 0) is 39.7 Å². The zero-order chi connectivity index (χ0) is 14.5. The summed E-state index contributed by atoms with van der Waals surface area (Å²) in [6.07, 6.45) is 1.28. The number of nitrogens with one attached hydrogen (secondary N) is 1. The van der Waals surface area contributed by atoms with Crippen LogP contribution in [0.2, 0.25) is 0 Å². The van der Waals surface area contributed by atoms with Gasteiger partial charge in [-0.3, -0.25) is 4.90 Å². The van der Waals surface area contributed by atoms with E-state index < -0.39 is 0 Å². The maximum Gasteiger partial charge on any atom is 0.0244 e. The SMILES string of the molecule is CCCN1CCN(C(CNC(C)(C)C)C(C)C)CC1. The summed E-state index contributed by atoms with van der Waals surface area (Å²) in [5, 5.41) is 3.68. The first-order valence-corrected chi connectivity index (χ1v) is 8.05. The molecule has 3 nitrogen and oxygen atoms in total. The zero-order valence-corrected chi connectivity index (χ0v) is 14.0. The lowest BCUT2D eigenvalue weighted by Crippen LogP contribution is -2.56. The van der Waals surface area contributed by atoms with Crippen molar-refractivity contribution >= 4 is 0 Å². The minimum Gasteiger partial charge on any atom is -0.311 e. The van der Waals surface area contributed by atoms with Gasteiger partial charge in [0.1, 0.15) is 0 Å². The summed E-state index contributed by atoms with van der Waals surface area (Å²) in [4.78, 5) is 5.29. The van der Waals surface area contributed by atoms with Crippen molar-refractivity contribution in [1.29, 1.82) is 0 Å². The third kappa shape index (κ3) is 6.24. The van der Waals surface area contributed by atoms with Gasteiger partial charge in [0.2, 0.25) is 0 Å². The lowest BCUT2D eigenvalue weighted by atomic mass is 9.99. The fourth-order valence-corrected chi connectivity index (χ4v) is 2.83. The van der Waals surface area contributed by atoms with Crippen LogP contribution in [0.4, 0.5) is 0 Å². The van der Waals surface area contributed by atoms with E-state index in [0.717, 1.165) is 6.54 Å². The number of hydrogen-bond donors (Lipinski definition) is 1. The molecule has 1 rings (SSSR count). The summed E-state index contributed by atoms with van der Waals surface area (Å²) in [7, 11) is 0. The average Bonchev–Trinajstić information content (AvgIpc) is 2.30. The summed E-state index contributed by atoms with van der Waals surface area (Å²) in [6.45, 7) is 21.1. The molecule has 0 aliphatic carbocycles. The van der Waals surface area contributed by atoms with Crippen molar-refractivity contribution in [2.75, 3.05) is 39.3 Å². The molecular formula is C16H35N3. The quantitative estimate of drug-likeness (QED) is 0.799. The maximum atomic E-state index is 3.68. The Morgan fingerprint density at radius 3 is 2.05 bits per heavy atom. The normalized spacial score (nSPS) is 21.0. The average molecular weight is 269 g/mol. The van der Waals surface area contributed by atoms with Crippen LogP contribution in [0.15, 0.2) is 0 Å². The molecule has 0 aromatic heterocycles. The molecule has 1 fully saturated rings. The van der Waals surface area contributed by atoms with Gasteiger partial charge in [0.15, 0.2) is 0 Å². The lowest BCUT2D eigenvalue weighted by molar-refractivity contribution is 0.0727. The van der Waals surface area contributed by atoms with Crippen molar-refractivity contribution in [2.45, 2.75) is 59.5 Å². The highest BCUT2D eigenvalue weighted by molar-refractivity contribution is 4.84. The number of piperazine rings is 1. The standard InChI is InChI=1S/C16H35N3/c1-7-8-18-9-11-19(12-10-18)15(14(2)3)13-17-16(4,5)6/h14-15,17H,7-13H2,1-6H3. The Balaban J connectivity index is 2.45. The molecule has 1 atom stereocenters. The maximum absolute atomic E-state index is 3.68. The third-order valence-corrected chi connectivity index (χ3v) is 4.03. The van der Waals surface area contributed by atoms with Crippen LogP contribution in [0, 0.1) is 5.92 Å². The lowest BCUT2D eigenvalue weighted by Gasteiger charge is -2.42. The van der Waals surface area contributed by atoms with Crippen LogP contribution in [0.25, 0.3) is 0 Å². The van der Waals surface area contributed by atoms with E-state index >= 15 is 0 Å². The second-order valence-electron chi connectivity index (χ2n) is 7.32. The Bertz CT molecular complexity index is 237. The number of rotatable bonds is 6. The second kappa shape index (κ2) is 7.61. The molecule has 0 bridgehead atoms. The van der Waals surface area contributed by atoms with E-state index in [4.69, 9.17) is 0 Å². The Kier molecular flexibility index (Phi) is 6.78. The Morgan fingerprint density at radius 1 is 1.05 bits per heavy atom. The van der Waals surface area contributed by atoms with E-state index in [1.807, 2.05) is 0 Å². The largest absolute Gasteiger partial charge is 0.311 e. The van der Waals surface area contributed by atoms with E-state index in [1.54, 1.807) is 0 Å². The van der Waals surface area contributed by atoms with Crippen molar-refractivity contribution in [2.24, 2.45) is 5.92 Å². The molecule has 0 amide bonds. The van der Waals surface area contributed by atoms with Gasteiger partial charge in [0.25, 0.3) is 0 Å². The molecular weight excluding hydrogens is 234 g/mol. The Hall–Kier alpha value is -0.120. The molecule has 1 aliphatic heterocycles. The molecule has 0 aromatic rings. The molecule has 0 aromatic carbocycles. The molecule has 1 unspecified atom stereocenters. The van der Waals surface area contributed by atoms with Gasteiger partial charge < -0.3 is 10.2 Å². The summed E-state index contributed by atoms with van der Waals surface area (Å²) in [5.74, 6) is 0.715. The van der Waals surface area contributed by atoms with E-state index in [9.17, 15) is 0 Å². The van der Waals surface area contributed by atoms with Crippen LogP contribution in [0.5, 0.6) is 0 Å². The molecule has 1 aliphatic rings. The molecule has 3 heteroatoms. The van der Waals surface area contributed by atoms with Crippen LogP contribution < -0.4 is 5.32 Å². The van der Waals surface area contributed by atoms with Gasteiger partial charge in [0.05, 0.1) is 0 Å². The zero-order valence-electron chi connectivity index (χ0n) is 14.0. The highest BCUT2D eigenvalue weighted by atomic mass is 15.3. The van der Waals surface area contributed by atoms with E-state index in [1.165, 1.54) is 39.1 Å². The molecule has 1 N–H and O–H groups in total. The van der Waals surface area contributed by atoms with Gasteiger partial charge in [-0.15, -0.1) is 0 Å². The van der Waals surface area contributed by atoms with Gasteiger partial charge in [0, 0.05) is 44.3 Å². The first-order chi connectivity index (χ1) is 8.83. The van der Waals surface area contributed by atoms with Crippen molar-refractivity contribution < 1.29 is 0 Å². The van der Waals surface area contributed by atoms with Gasteiger partial charge in [-0.25, -0.2) is 0 Å². The predicted molar refractivity (Wildman–Crippen MR) is 84.7 cm³/mol. The van der Waals surface area contributed by atoms with Gasteiger partial charge in [-0.2, -0.15) is 0 Å². The van der Waals surface area contributed by atoms with Crippen molar-refractivity contribution in [1.82, 2.24) is 15.1 Å². The predicted octanol–water partition coefficient (Wildman–Crippen LogP) is 2.43. The monoisotopic (exact) mass is 269 g/mol. The van der Waals surface area contributed by atoms with Gasteiger partial charge >= 0.3 is 0 Å². The topological polar surface area (TPSA) is 18.5 Å². The molecule has 0 radical (unpaired) electrons. The minimum absolute atomic E-state index is 0.219. The third-order valence-electron chi connectivity index (χ3n) is 4.03. The molecule has 0 saturated carbocycles.